The number of thiophene rings is 1. The monoisotopic (exact) mass is 243 g/mol. The second-order valence-electron chi connectivity index (χ2n) is 5.00. The fourth-order valence-electron chi connectivity index (χ4n) is 3.05. The summed E-state index contributed by atoms with van der Waals surface area (Å²) in [5, 5.41) is 7.03. The lowest BCUT2D eigenvalue weighted by molar-refractivity contribution is -0.430. The Hall–Kier alpha value is -1.19. The van der Waals surface area contributed by atoms with Crippen molar-refractivity contribution in [3.63, 3.8) is 0 Å². The SMILES string of the molecule is C1=[N+](c2cccc3ccsc23)CC2CNCC12. The van der Waals surface area contributed by atoms with Gasteiger partial charge < -0.3 is 5.32 Å². The summed E-state index contributed by atoms with van der Waals surface area (Å²) < 4.78 is 3.89. The second-order valence-corrected chi connectivity index (χ2v) is 5.92. The predicted octanol–water partition coefficient (Wildman–Crippen LogP) is 2.47. The maximum Gasteiger partial charge on any atom is 0.222 e. The topological polar surface area (TPSA) is 15.0 Å². The smallest absolute Gasteiger partial charge is 0.222 e. The third kappa shape index (κ3) is 1.46. The molecule has 1 saturated heterocycles. The van der Waals surface area contributed by atoms with Crippen molar-refractivity contribution in [3.8, 4) is 0 Å². The molecule has 86 valence electrons. The summed E-state index contributed by atoms with van der Waals surface area (Å²) in [4.78, 5) is 0. The zero-order valence-electron chi connectivity index (χ0n) is 9.60. The number of hydrogen-bond acceptors (Lipinski definition) is 2. The molecule has 0 aliphatic carbocycles. The van der Waals surface area contributed by atoms with Gasteiger partial charge in [-0.05, 0) is 16.8 Å². The van der Waals surface area contributed by atoms with E-state index in [1.807, 2.05) is 11.3 Å². The predicted molar refractivity (Wildman–Crippen MR) is 72.5 cm³/mol. The lowest BCUT2D eigenvalue weighted by Gasteiger charge is -2.02. The van der Waals surface area contributed by atoms with Gasteiger partial charge in [-0.2, -0.15) is 0 Å². The molecule has 0 saturated carbocycles. The molecule has 17 heavy (non-hydrogen) atoms. The van der Waals surface area contributed by atoms with Crippen LogP contribution >= 0.6 is 11.3 Å². The molecule has 4 rings (SSSR count). The molecule has 0 amide bonds. The maximum atomic E-state index is 3.47. The minimum Gasteiger partial charge on any atom is -0.315 e. The van der Waals surface area contributed by atoms with Crippen molar-refractivity contribution < 1.29 is 4.58 Å². The van der Waals surface area contributed by atoms with Crippen LogP contribution in [0, 0.1) is 11.8 Å². The van der Waals surface area contributed by atoms with Crippen LogP contribution in [-0.4, -0.2) is 30.4 Å². The summed E-state index contributed by atoms with van der Waals surface area (Å²) in [6.45, 7) is 3.51. The standard InChI is InChI=1S/C14H15N2S/c1-2-10-4-5-17-14(10)13(3-1)16-8-11-6-15-7-12(11)9-16/h1-5,8,11-12,15H,6-7,9H2/q+1. The molecule has 0 spiro atoms. The Morgan fingerprint density at radius 1 is 1.24 bits per heavy atom. The Bertz CT molecular complexity index is 599. The van der Waals surface area contributed by atoms with Crippen LogP contribution in [0.25, 0.3) is 10.1 Å². The Balaban J connectivity index is 1.82. The van der Waals surface area contributed by atoms with Crippen molar-refractivity contribution in [2.24, 2.45) is 11.8 Å². The van der Waals surface area contributed by atoms with Crippen molar-refractivity contribution in [2.45, 2.75) is 0 Å². The molecule has 1 fully saturated rings. The molecule has 2 unspecified atom stereocenters. The highest BCUT2D eigenvalue weighted by atomic mass is 32.1. The van der Waals surface area contributed by atoms with E-state index in [2.05, 4.69) is 45.8 Å². The molecule has 2 atom stereocenters. The zero-order chi connectivity index (χ0) is 11.2. The molecule has 0 bridgehead atoms. The molecule has 1 aromatic heterocycles. The van der Waals surface area contributed by atoms with Gasteiger partial charge in [-0.3, -0.25) is 0 Å². The third-order valence-corrected chi connectivity index (χ3v) is 4.92. The Morgan fingerprint density at radius 2 is 2.24 bits per heavy atom. The first-order valence-electron chi connectivity index (χ1n) is 6.20. The van der Waals surface area contributed by atoms with Crippen molar-refractivity contribution in [1.29, 1.82) is 0 Å². The van der Waals surface area contributed by atoms with Crippen LogP contribution in [0.5, 0.6) is 0 Å². The fourth-order valence-corrected chi connectivity index (χ4v) is 3.98. The fraction of sp³-hybridized carbons (Fsp3) is 0.357. The Morgan fingerprint density at radius 3 is 3.18 bits per heavy atom. The van der Waals surface area contributed by atoms with E-state index in [4.69, 9.17) is 0 Å². The summed E-state index contributed by atoms with van der Waals surface area (Å²) >= 11 is 1.85. The quantitative estimate of drug-likeness (QED) is 0.760. The number of benzene rings is 1. The molecule has 2 aliphatic rings. The summed E-state index contributed by atoms with van der Waals surface area (Å²) in [6, 6.07) is 8.84. The van der Waals surface area contributed by atoms with Crippen LogP contribution in [0.15, 0.2) is 29.6 Å². The lowest BCUT2D eigenvalue weighted by Crippen LogP contribution is -2.16. The molecule has 0 radical (unpaired) electrons. The minimum absolute atomic E-state index is 0.741. The molecule has 1 N–H and O–H groups in total. The Labute approximate surface area is 105 Å². The lowest BCUT2D eigenvalue weighted by atomic mass is 10.0. The Kier molecular flexibility index (Phi) is 2.11. The zero-order valence-corrected chi connectivity index (χ0v) is 10.4. The third-order valence-electron chi connectivity index (χ3n) is 3.96. The number of nitrogens with one attached hydrogen (secondary N) is 1. The molecule has 3 heterocycles. The normalized spacial score (nSPS) is 27.4. The van der Waals surface area contributed by atoms with Crippen LogP contribution in [0.4, 0.5) is 5.69 Å². The average molecular weight is 243 g/mol. The molecule has 3 heteroatoms. The van der Waals surface area contributed by atoms with Crippen molar-refractivity contribution in [2.75, 3.05) is 19.6 Å². The van der Waals surface area contributed by atoms with Crippen LogP contribution in [-0.2, 0) is 0 Å². The van der Waals surface area contributed by atoms with Crippen LogP contribution in [0.2, 0.25) is 0 Å². The highest BCUT2D eigenvalue weighted by molar-refractivity contribution is 7.17. The summed E-state index contributed by atoms with van der Waals surface area (Å²) in [6.07, 6.45) is 2.43. The van der Waals surface area contributed by atoms with Gasteiger partial charge in [0.05, 0.1) is 5.92 Å². The first-order valence-corrected chi connectivity index (χ1v) is 7.08. The number of hydrogen-bond donors (Lipinski definition) is 1. The van der Waals surface area contributed by atoms with Gasteiger partial charge >= 0.3 is 0 Å². The van der Waals surface area contributed by atoms with Gasteiger partial charge in [0.2, 0.25) is 5.69 Å². The van der Waals surface area contributed by atoms with E-state index in [9.17, 15) is 0 Å². The van der Waals surface area contributed by atoms with E-state index in [1.165, 1.54) is 28.9 Å². The van der Waals surface area contributed by atoms with E-state index >= 15 is 0 Å². The van der Waals surface area contributed by atoms with Gasteiger partial charge in [-0.25, -0.2) is 4.58 Å². The van der Waals surface area contributed by atoms with E-state index < -0.39 is 0 Å². The van der Waals surface area contributed by atoms with E-state index in [1.54, 1.807) is 0 Å². The number of fused-ring (bicyclic) bond motifs is 2. The summed E-state index contributed by atoms with van der Waals surface area (Å²) in [5.74, 6) is 1.55. The largest absolute Gasteiger partial charge is 0.315 e. The first-order chi connectivity index (χ1) is 8.42. The van der Waals surface area contributed by atoms with Gasteiger partial charge in [0.15, 0.2) is 12.8 Å². The summed E-state index contributed by atoms with van der Waals surface area (Å²) in [7, 11) is 0. The van der Waals surface area contributed by atoms with Gasteiger partial charge in [-0.15, -0.1) is 11.3 Å². The van der Waals surface area contributed by atoms with Crippen molar-refractivity contribution in [1.82, 2.24) is 5.32 Å². The van der Waals surface area contributed by atoms with Crippen LogP contribution in [0.1, 0.15) is 0 Å². The van der Waals surface area contributed by atoms with E-state index in [0.717, 1.165) is 18.4 Å². The van der Waals surface area contributed by atoms with Crippen molar-refractivity contribution in [3.05, 3.63) is 29.6 Å². The molecule has 1 aromatic carbocycles. The second kappa shape index (κ2) is 3.65. The van der Waals surface area contributed by atoms with Gasteiger partial charge in [0.1, 0.15) is 4.70 Å². The number of nitrogens with zero attached hydrogens (tertiary/aromatic N) is 1. The summed E-state index contributed by atoms with van der Waals surface area (Å²) in [5.41, 5.74) is 1.40. The van der Waals surface area contributed by atoms with Gasteiger partial charge in [0, 0.05) is 25.1 Å². The van der Waals surface area contributed by atoms with Crippen LogP contribution < -0.4 is 5.32 Å². The molecule has 2 aromatic rings. The van der Waals surface area contributed by atoms with E-state index in [0.29, 0.717) is 0 Å². The van der Waals surface area contributed by atoms with Crippen LogP contribution in [0.3, 0.4) is 0 Å². The highest BCUT2D eigenvalue weighted by Crippen LogP contribution is 2.33. The molecule has 2 nitrogen and oxygen atoms in total. The van der Waals surface area contributed by atoms with Crippen molar-refractivity contribution >= 4 is 33.3 Å². The number of rotatable bonds is 1. The molecule has 2 aliphatic heterocycles. The van der Waals surface area contributed by atoms with Gasteiger partial charge in [0.25, 0.3) is 0 Å². The average Bonchev–Trinajstić information content (AvgIpc) is 3.02. The van der Waals surface area contributed by atoms with Gasteiger partial charge in [-0.1, -0.05) is 12.1 Å². The van der Waals surface area contributed by atoms with E-state index in [-0.39, 0.29) is 0 Å². The first kappa shape index (κ1) is 9.80. The molecular weight excluding hydrogens is 228 g/mol. The maximum absolute atomic E-state index is 3.47. The highest BCUT2D eigenvalue weighted by Gasteiger charge is 2.38. The molecular formula is C14H15N2S+. The minimum atomic E-state index is 0.741.